The van der Waals surface area contributed by atoms with Gasteiger partial charge in [-0.15, -0.1) is 0 Å². The predicted molar refractivity (Wildman–Crippen MR) is 142 cm³/mol. The first-order valence-corrected chi connectivity index (χ1v) is 12.9. The van der Waals surface area contributed by atoms with E-state index < -0.39 is 12.1 Å². The summed E-state index contributed by atoms with van der Waals surface area (Å²) in [4.78, 5) is 41.3. The summed E-state index contributed by atoms with van der Waals surface area (Å²) in [5, 5.41) is 8.80. The molecule has 2 aliphatic heterocycles. The largest absolute Gasteiger partial charge is 0.444 e. The standard InChI is InChI=1S/C27H24BrN5O4/c28-25-10-18(37-32-25)13-30-26(34)24-11-23-20(19-6-2-4-8-22(19)31-23)14-33(24)27(35)36-15-16-9-17-5-1-3-7-21(17)29-12-16/h1-9,12,18,24,31H,10-11,13-15H2,(H,30,34)/t18-,24-/m0/s1. The fraction of sp³-hybridized carbons (Fsp3) is 0.259. The molecule has 0 radical (unpaired) electrons. The third-order valence-corrected chi connectivity index (χ3v) is 7.22. The molecule has 4 heterocycles. The number of benzene rings is 2. The number of para-hydroxylation sites is 2. The fourth-order valence-corrected chi connectivity index (χ4v) is 5.32. The highest BCUT2D eigenvalue weighted by molar-refractivity contribution is 9.18. The molecule has 2 aromatic heterocycles. The summed E-state index contributed by atoms with van der Waals surface area (Å²) in [7, 11) is 0. The third-order valence-electron chi connectivity index (χ3n) is 6.75. The maximum atomic E-state index is 13.4. The molecule has 4 aromatic rings. The Morgan fingerprint density at radius 2 is 2.00 bits per heavy atom. The van der Waals surface area contributed by atoms with Crippen molar-refractivity contribution in [3.8, 4) is 0 Å². The number of pyridine rings is 1. The van der Waals surface area contributed by atoms with Crippen LogP contribution in [-0.4, -0.2) is 50.2 Å². The lowest BCUT2D eigenvalue weighted by Gasteiger charge is -2.34. The lowest BCUT2D eigenvalue weighted by Crippen LogP contribution is -2.53. The van der Waals surface area contributed by atoms with Gasteiger partial charge in [0.05, 0.1) is 18.6 Å². The van der Waals surface area contributed by atoms with Crippen LogP contribution in [0.1, 0.15) is 23.2 Å². The van der Waals surface area contributed by atoms with Crippen molar-refractivity contribution in [2.45, 2.75) is 38.1 Å². The zero-order valence-electron chi connectivity index (χ0n) is 19.8. The average Bonchev–Trinajstić information content (AvgIpc) is 3.51. The van der Waals surface area contributed by atoms with Gasteiger partial charge >= 0.3 is 6.09 Å². The van der Waals surface area contributed by atoms with Gasteiger partial charge in [-0.2, -0.15) is 0 Å². The molecule has 2 aliphatic rings. The van der Waals surface area contributed by atoms with Crippen LogP contribution in [0.25, 0.3) is 21.8 Å². The van der Waals surface area contributed by atoms with E-state index in [0.29, 0.717) is 24.0 Å². The summed E-state index contributed by atoms with van der Waals surface area (Å²) in [5.41, 5.74) is 4.58. The molecule has 188 valence electrons. The van der Waals surface area contributed by atoms with Gasteiger partial charge in [0.1, 0.15) is 17.3 Å². The second-order valence-electron chi connectivity index (χ2n) is 9.21. The number of carbonyl (C=O) groups is 2. The molecule has 37 heavy (non-hydrogen) atoms. The van der Waals surface area contributed by atoms with E-state index in [1.165, 1.54) is 4.90 Å². The van der Waals surface area contributed by atoms with E-state index in [-0.39, 0.29) is 25.2 Å². The molecule has 2 amide bonds. The monoisotopic (exact) mass is 561 g/mol. The van der Waals surface area contributed by atoms with Gasteiger partial charge in [0.2, 0.25) is 5.91 Å². The molecule has 2 N–H and O–H groups in total. The van der Waals surface area contributed by atoms with E-state index in [1.54, 1.807) is 6.20 Å². The minimum atomic E-state index is -0.728. The maximum Gasteiger partial charge on any atom is 0.411 e. The highest BCUT2D eigenvalue weighted by atomic mass is 79.9. The minimum Gasteiger partial charge on any atom is -0.444 e. The van der Waals surface area contributed by atoms with Crippen LogP contribution in [0.3, 0.4) is 0 Å². The van der Waals surface area contributed by atoms with Crippen LogP contribution in [0.2, 0.25) is 0 Å². The van der Waals surface area contributed by atoms with Crippen molar-refractivity contribution in [2.75, 3.05) is 6.54 Å². The number of nitrogens with one attached hydrogen (secondary N) is 2. The number of carbonyl (C=O) groups excluding carboxylic acids is 2. The summed E-state index contributed by atoms with van der Waals surface area (Å²) >= 11 is 3.31. The van der Waals surface area contributed by atoms with E-state index >= 15 is 0 Å². The summed E-state index contributed by atoms with van der Waals surface area (Å²) in [6.45, 7) is 0.615. The third kappa shape index (κ3) is 4.76. The number of fused-ring (bicyclic) bond motifs is 4. The normalized spacial score (nSPS) is 18.8. The van der Waals surface area contributed by atoms with Crippen LogP contribution >= 0.6 is 15.9 Å². The molecule has 6 rings (SSSR count). The molecule has 0 bridgehead atoms. The van der Waals surface area contributed by atoms with Crippen molar-refractivity contribution < 1.29 is 19.2 Å². The second-order valence-corrected chi connectivity index (χ2v) is 10.1. The molecule has 0 unspecified atom stereocenters. The topological polar surface area (TPSA) is 109 Å². The number of halogens is 1. The summed E-state index contributed by atoms with van der Waals surface area (Å²) in [5.74, 6) is -0.264. The Hall–Kier alpha value is -3.92. The van der Waals surface area contributed by atoms with Crippen molar-refractivity contribution in [3.63, 3.8) is 0 Å². The molecule has 0 fully saturated rings. The molecule has 0 saturated carbocycles. The number of amides is 2. The number of oxime groups is 1. The van der Waals surface area contributed by atoms with Gasteiger partial charge in [0.25, 0.3) is 0 Å². The van der Waals surface area contributed by atoms with Gasteiger partial charge in [-0.25, -0.2) is 4.79 Å². The summed E-state index contributed by atoms with van der Waals surface area (Å²) in [6.07, 6.45) is 1.85. The SMILES string of the molecule is O=C(NC[C@@H]1CC(Br)=NO1)[C@@H]1Cc2[nH]c3ccccc3c2CN1C(=O)OCc1cnc2ccccc2c1. The summed E-state index contributed by atoms with van der Waals surface area (Å²) in [6, 6.07) is 16.9. The van der Waals surface area contributed by atoms with Gasteiger partial charge in [-0.1, -0.05) is 41.6 Å². The Morgan fingerprint density at radius 3 is 2.86 bits per heavy atom. The number of ether oxygens (including phenoxy) is 1. The highest BCUT2D eigenvalue weighted by Crippen LogP contribution is 2.31. The first kappa shape index (κ1) is 23.5. The molecular weight excluding hydrogens is 538 g/mol. The molecule has 10 heteroatoms. The van der Waals surface area contributed by atoms with Crippen molar-refractivity contribution in [1.29, 1.82) is 0 Å². The van der Waals surface area contributed by atoms with Gasteiger partial charge in [-0.05, 0) is 34.1 Å². The lowest BCUT2D eigenvalue weighted by atomic mass is 9.98. The highest BCUT2D eigenvalue weighted by Gasteiger charge is 2.37. The van der Waals surface area contributed by atoms with E-state index in [9.17, 15) is 9.59 Å². The Morgan fingerprint density at radius 1 is 1.16 bits per heavy atom. The molecule has 2 atom stereocenters. The Balaban J connectivity index is 1.21. The maximum absolute atomic E-state index is 13.4. The smallest absolute Gasteiger partial charge is 0.411 e. The molecule has 0 saturated heterocycles. The van der Waals surface area contributed by atoms with E-state index in [1.807, 2.05) is 54.6 Å². The van der Waals surface area contributed by atoms with Crippen LogP contribution < -0.4 is 5.32 Å². The quantitative estimate of drug-likeness (QED) is 0.375. The Kier molecular flexibility index (Phi) is 6.25. The number of rotatable bonds is 5. The van der Waals surface area contributed by atoms with E-state index in [2.05, 4.69) is 36.4 Å². The Bertz CT molecular complexity index is 1530. The zero-order chi connectivity index (χ0) is 25.4. The lowest BCUT2D eigenvalue weighted by molar-refractivity contribution is -0.127. The molecule has 0 spiro atoms. The van der Waals surface area contributed by atoms with E-state index in [0.717, 1.165) is 38.6 Å². The van der Waals surface area contributed by atoms with Gasteiger partial charge < -0.3 is 19.9 Å². The number of hydrogen-bond acceptors (Lipinski definition) is 6. The molecule has 0 aliphatic carbocycles. The number of H-pyrrole nitrogens is 1. The molecular formula is C27H24BrN5O4. The average molecular weight is 562 g/mol. The number of aromatic amines is 1. The van der Waals surface area contributed by atoms with Crippen LogP contribution in [-0.2, 0) is 33.9 Å². The van der Waals surface area contributed by atoms with Crippen molar-refractivity contribution >= 4 is 54.4 Å². The van der Waals surface area contributed by atoms with Crippen LogP contribution in [0, 0.1) is 0 Å². The number of nitrogens with zero attached hydrogens (tertiary/aromatic N) is 3. The van der Waals surface area contributed by atoms with Crippen LogP contribution in [0.5, 0.6) is 0 Å². The first-order valence-electron chi connectivity index (χ1n) is 12.1. The van der Waals surface area contributed by atoms with Gasteiger partial charge in [0.15, 0.2) is 6.10 Å². The second kappa shape index (κ2) is 9.85. The Labute approximate surface area is 220 Å². The molecule has 2 aromatic carbocycles. The van der Waals surface area contributed by atoms with Gasteiger partial charge in [0, 0.05) is 52.1 Å². The fourth-order valence-electron chi connectivity index (χ4n) is 4.88. The van der Waals surface area contributed by atoms with Crippen LogP contribution in [0.4, 0.5) is 4.79 Å². The van der Waals surface area contributed by atoms with Crippen molar-refractivity contribution in [2.24, 2.45) is 5.16 Å². The number of aromatic nitrogens is 2. The van der Waals surface area contributed by atoms with Crippen molar-refractivity contribution in [3.05, 3.63) is 77.6 Å². The number of hydrogen-bond donors (Lipinski definition) is 2. The van der Waals surface area contributed by atoms with Gasteiger partial charge in [-0.3, -0.25) is 14.7 Å². The van der Waals surface area contributed by atoms with Crippen molar-refractivity contribution in [1.82, 2.24) is 20.2 Å². The van der Waals surface area contributed by atoms with E-state index in [4.69, 9.17) is 9.57 Å². The molecule has 9 nitrogen and oxygen atoms in total. The zero-order valence-corrected chi connectivity index (χ0v) is 21.4. The van der Waals surface area contributed by atoms with Crippen LogP contribution in [0.15, 0.2) is 65.9 Å². The predicted octanol–water partition coefficient (Wildman–Crippen LogP) is 4.39. The first-order chi connectivity index (χ1) is 18.0. The summed E-state index contributed by atoms with van der Waals surface area (Å²) < 4.78 is 6.41. The minimum absolute atomic E-state index is 0.0591.